The highest BCUT2D eigenvalue weighted by Gasteiger charge is 2.07. The Kier molecular flexibility index (Phi) is 19.8. The van der Waals surface area contributed by atoms with Crippen LogP contribution in [0.15, 0.2) is 24.3 Å². The number of carbonyl (C=O) groups excluding carboxylic acids is 1. The van der Waals surface area contributed by atoms with Gasteiger partial charge in [-0.25, -0.2) is 0 Å². The molecule has 0 N–H and O–H groups in total. The third-order valence-electron chi connectivity index (χ3n) is 5.12. The van der Waals surface area contributed by atoms with Crippen LogP contribution in [-0.2, 0) is 4.79 Å². The molecule has 1 aliphatic carbocycles. The van der Waals surface area contributed by atoms with E-state index in [1.165, 1.54) is 83.5 Å². The average molecular weight is 363 g/mol. The van der Waals surface area contributed by atoms with Crippen molar-refractivity contribution in [3.05, 3.63) is 24.3 Å². The van der Waals surface area contributed by atoms with E-state index >= 15 is 0 Å². The molecule has 0 unspecified atom stereocenters. The van der Waals surface area contributed by atoms with Gasteiger partial charge in [-0.1, -0.05) is 95.9 Å². The molecule has 0 radical (unpaired) electrons. The molecule has 0 bridgehead atoms. The van der Waals surface area contributed by atoms with Crippen LogP contribution in [0.2, 0.25) is 0 Å². The van der Waals surface area contributed by atoms with Crippen molar-refractivity contribution in [3.63, 3.8) is 0 Å². The topological polar surface area (TPSA) is 17.1 Å². The van der Waals surface area contributed by atoms with Crippen LogP contribution < -0.4 is 0 Å². The van der Waals surface area contributed by atoms with Crippen LogP contribution in [-0.4, -0.2) is 5.78 Å². The maximum Gasteiger partial charge on any atom is 0.129 e. The molecule has 0 aromatic rings. The van der Waals surface area contributed by atoms with Crippen LogP contribution in [0.25, 0.3) is 0 Å². The van der Waals surface area contributed by atoms with Gasteiger partial charge < -0.3 is 4.79 Å². The molecule has 0 spiro atoms. The highest BCUT2D eigenvalue weighted by molar-refractivity contribution is 5.75. The molecule has 0 aliphatic heterocycles. The van der Waals surface area contributed by atoms with Crippen molar-refractivity contribution in [2.45, 2.75) is 124 Å². The average Bonchev–Trinajstić information content (AvgIpc) is 3.09. The van der Waals surface area contributed by atoms with Crippen LogP contribution in [0.4, 0.5) is 0 Å². The van der Waals surface area contributed by atoms with E-state index in [1.54, 1.807) is 6.92 Å². The number of Topliss-reactive ketones (excluding diaryl/α,β-unsaturated/α-hetero) is 1. The first-order valence-electron chi connectivity index (χ1n) is 11.5. The van der Waals surface area contributed by atoms with E-state index in [0.29, 0.717) is 5.78 Å². The van der Waals surface area contributed by atoms with E-state index in [-0.39, 0.29) is 0 Å². The van der Waals surface area contributed by atoms with Crippen molar-refractivity contribution in [1.82, 2.24) is 0 Å². The molecule has 0 saturated heterocycles. The van der Waals surface area contributed by atoms with Crippen LogP contribution in [0.1, 0.15) is 124 Å². The van der Waals surface area contributed by atoms with Gasteiger partial charge in [-0.3, -0.25) is 0 Å². The van der Waals surface area contributed by atoms with Crippen molar-refractivity contribution in [3.8, 4) is 0 Å². The third-order valence-corrected chi connectivity index (χ3v) is 5.12. The SMILES string of the molecule is CC1CCCC1.CCCCC/C=C/C/C=C/CCCCCCCC(C)=O. The fraction of sp³-hybridized carbons (Fsp3) is 0.800. The van der Waals surface area contributed by atoms with E-state index in [0.717, 1.165) is 25.2 Å². The van der Waals surface area contributed by atoms with Crippen molar-refractivity contribution >= 4 is 5.78 Å². The van der Waals surface area contributed by atoms with Crippen LogP contribution in [0.3, 0.4) is 0 Å². The Balaban J connectivity index is 0.000000867. The summed E-state index contributed by atoms with van der Waals surface area (Å²) in [5.41, 5.74) is 0. The predicted molar refractivity (Wildman–Crippen MR) is 118 cm³/mol. The van der Waals surface area contributed by atoms with Gasteiger partial charge in [-0.15, -0.1) is 0 Å². The van der Waals surface area contributed by atoms with Gasteiger partial charge >= 0.3 is 0 Å². The number of ketones is 1. The van der Waals surface area contributed by atoms with E-state index in [1.807, 2.05) is 0 Å². The zero-order valence-electron chi connectivity index (χ0n) is 18.1. The second-order valence-electron chi connectivity index (χ2n) is 8.07. The summed E-state index contributed by atoms with van der Waals surface area (Å²) in [7, 11) is 0. The lowest BCUT2D eigenvalue weighted by Crippen LogP contribution is -1.89. The standard InChI is InChI=1S/C19H34O.C6H12/c1-3-4-5-6-7-8-9-10-11-12-13-14-15-16-17-18-19(2)20;1-6-4-2-3-5-6/h7-8,10-11H,3-6,9,12-18H2,1-2H3;6H,2-5H2,1H3/b8-7+,11-10+;. The minimum Gasteiger partial charge on any atom is -0.300 e. The van der Waals surface area contributed by atoms with Gasteiger partial charge in [0.25, 0.3) is 0 Å². The Labute approximate surface area is 164 Å². The highest BCUT2D eigenvalue weighted by Crippen LogP contribution is 2.22. The highest BCUT2D eigenvalue weighted by atomic mass is 16.1. The van der Waals surface area contributed by atoms with Gasteiger partial charge in [0.05, 0.1) is 0 Å². The lowest BCUT2D eigenvalue weighted by Gasteiger charge is -1.98. The molecule has 0 aromatic carbocycles. The van der Waals surface area contributed by atoms with Crippen molar-refractivity contribution in [2.75, 3.05) is 0 Å². The van der Waals surface area contributed by atoms with Gasteiger partial charge in [0, 0.05) is 6.42 Å². The van der Waals surface area contributed by atoms with E-state index in [9.17, 15) is 4.79 Å². The molecule has 0 atom stereocenters. The van der Waals surface area contributed by atoms with E-state index < -0.39 is 0 Å². The first-order valence-corrected chi connectivity index (χ1v) is 11.5. The number of hydrogen-bond acceptors (Lipinski definition) is 1. The maximum absolute atomic E-state index is 10.8. The molecular formula is C25H46O. The molecule has 152 valence electrons. The quantitative estimate of drug-likeness (QED) is 0.223. The molecule has 1 saturated carbocycles. The number of unbranched alkanes of at least 4 members (excludes halogenated alkanes) is 8. The van der Waals surface area contributed by atoms with Gasteiger partial charge in [0.1, 0.15) is 5.78 Å². The van der Waals surface area contributed by atoms with E-state index in [2.05, 4.69) is 38.2 Å². The summed E-state index contributed by atoms with van der Waals surface area (Å²) in [5.74, 6) is 1.38. The molecular weight excluding hydrogens is 316 g/mol. The normalized spacial score (nSPS) is 14.9. The Bertz CT molecular complexity index is 347. The smallest absolute Gasteiger partial charge is 0.129 e. The fourth-order valence-electron chi connectivity index (χ4n) is 3.32. The summed E-state index contributed by atoms with van der Waals surface area (Å²) < 4.78 is 0. The molecule has 0 amide bonds. The number of rotatable bonds is 14. The van der Waals surface area contributed by atoms with Crippen LogP contribution in [0.5, 0.6) is 0 Å². The van der Waals surface area contributed by atoms with Crippen LogP contribution in [0, 0.1) is 5.92 Å². The van der Waals surface area contributed by atoms with Gasteiger partial charge in [0.2, 0.25) is 0 Å². The van der Waals surface area contributed by atoms with Gasteiger partial charge in [-0.2, -0.15) is 0 Å². The molecule has 1 aliphatic rings. The number of allylic oxidation sites excluding steroid dienone is 4. The fourth-order valence-corrected chi connectivity index (χ4v) is 3.32. The van der Waals surface area contributed by atoms with Crippen molar-refractivity contribution in [2.24, 2.45) is 5.92 Å². The Morgan fingerprint density at radius 2 is 1.35 bits per heavy atom. The third kappa shape index (κ3) is 21.2. The van der Waals surface area contributed by atoms with Gasteiger partial charge in [0.15, 0.2) is 0 Å². The zero-order chi connectivity index (χ0) is 19.3. The molecule has 1 rings (SSSR count). The second kappa shape index (κ2) is 20.5. The molecule has 1 heteroatoms. The van der Waals surface area contributed by atoms with E-state index in [4.69, 9.17) is 0 Å². The summed E-state index contributed by atoms with van der Waals surface area (Å²) in [5, 5.41) is 0. The number of carbonyl (C=O) groups is 1. The maximum atomic E-state index is 10.8. The number of hydrogen-bond donors (Lipinski definition) is 0. The minimum atomic E-state index is 0.329. The summed E-state index contributed by atoms with van der Waals surface area (Å²) >= 11 is 0. The largest absolute Gasteiger partial charge is 0.300 e. The van der Waals surface area contributed by atoms with Crippen molar-refractivity contribution < 1.29 is 4.79 Å². The summed E-state index contributed by atoms with van der Waals surface area (Å²) in [6.45, 7) is 6.27. The molecule has 0 heterocycles. The molecule has 1 fully saturated rings. The first-order chi connectivity index (χ1) is 12.7. The summed E-state index contributed by atoms with van der Waals surface area (Å²) in [4.78, 5) is 10.8. The first kappa shape index (κ1) is 25.1. The Morgan fingerprint density at radius 3 is 1.85 bits per heavy atom. The monoisotopic (exact) mass is 362 g/mol. The Hall–Kier alpha value is -0.850. The molecule has 0 aromatic heterocycles. The Morgan fingerprint density at radius 1 is 0.808 bits per heavy atom. The summed E-state index contributed by atoms with van der Waals surface area (Å²) in [6.07, 6.45) is 29.6. The molecule has 26 heavy (non-hydrogen) atoms. The van der Waals surface area contributed by atoms with Gasteiger partial charge in [-0.05, 0) is 51.4 Å². The lowest BCUT2D eigenvalue weighted by atomic mass is 10.1. The zero-order valence-corrected chi connectivity index (χ0v) is 18.1. The molecule has 1 nitrogen and oxygen atoms in total. The van der Waals surface area contributed by atoms with Crippen LogP contribution >= 0.6 is 0 Å². The second-order valence-corrected chi connectivity index (χ2v) is 8.07. The van der Waals surface area contributed by atoms with Crippen molar-refractivity contribution in [1.29, 1.82) is 0 Å². The summed E-state index contributed by atoms with van der Waals surface area (Å²) in [6, 6.07) is 0. The predicted octanol–water partition coefficient (Wildman–Crippen LogP) is 8.59. The minimum absolute atomic E-state index is 0.329. The lowest BCUT2D eigenvalue weighted by molar-refractivity contribution is -0.117.